The zero-order chi connectivity index (χ0) is 13.2. The summed E-state index contributed by atoms with van der Waals surface area (Å²) in [6.45, 7) is 2.68. The van der Waals surface area contributed by atoms with Crippen molar-refractivity contribution in [2.75, 3.05) is 23.8 Å². The number of benzene rings is 1. The summed E-state index contributed by atoms with van der Waals surface area (Å²) in [6.07, 6.45) is -0.0812. The van der Waals surface area contributed by atoms with Crippen molar-refractivity contribution in [3.05, 3.63) is 29.6 Å². The zero-order valence-corrected chi connectivity index (χ0v) is 11.4. The Morgan fingerprint density at radius 2 is 2.32 bits per heavy atom. The molecule has 1 unspecified atom stereocenters. The number of nitrogens with zero attached hydrogens (tertiary/aromatic N) is 2. The van der Waals surface area contributed by atoms with Gasteiger partial charge in [0.1, 0.15) is 6.10 Å². The number of ether oxygens (including phenoxy) is 1. The molecule has 6 heteroatoms. The van der Waals surface area contributed by atoms with Gasteiger partial charge >= 0.3 is 0 Å². The molecule has 5 nitrogen and oxygen atoms in total. The lowest BCUT2D eigenvalue weighted by molar-refractivity contribution is 0.0677. The SMILES string of the molecule is Cc1cccc(-c2nc(C3CSCCO3)no2)c1N. The Morgan fingerprint density at radius 1 is 1.42 bits per heavy atom. The van der Waals surface area contributed by atoms with Crippen molar-refractivity contribution in [1.82, 2.24) is 10.1 Å². The van der Waals surface area contributed by atoms with E-state index in [-0.39, 0.29) is 6.10 Å². The fourth-order valence-corrected chi connectivity index (χ4v) is 2.82. The molecule has 1 aromatic carbocycles. The molecule has 0 radical (unpaired) electrons. The van der Waals surface area contributed by atoms with E-state index < -0.39 is 0 Å². The Bertz CT molecular complexity index is 579. The van der Waals surface area contributed by atoms with E-state index in [0.717, 1.165) is 29.2 Å². The third kappa shape index (κ3) is 2.46. The van der Waals surface area contributed by atoms with Crippen LogP contribution in [-0.2, 0) is 4.74 Å². The normalized spacial score (nSPS) is 19.5. The number of nitrogens with two attached hydrogens (primary N) is 1. The van der Waals surface area contributed by atoms with Gasteiger partial charge in [0.2, 0.25) is 5.82 Å². The van der Waals surface area contributed by atoms with Crippen LogP contribution >= 0.6 is 11.8 Å². The highest BCUT2D eigenvalue weighted by atomic mass is 32.2. The summed E-state index contributed by atoms with van der Waals surface area (Å²) < 4.78 is 10.9. The molecule has 1 fully saturated rings. The number of aryl methyl sites for hydroxylation is 1. The van der Waals surface area contributed by atoms with Crippen molar-refractivity contribution >= 4 is 17.4 Å². The molecule has 0 saturated carbocycles. The molecule has 0 aliphatic carbocycles. The maximum atomic E-state index is 6.04. The molecule has 0 amide bonds. The second-order valence-electron chi connectivity index (χ2n) is 4.43. The fourth-order valence-electron chi connectivity index (χ4n) is 1.98. The summed E-state index contributed by atoms with van der Waals surface area (Å²) in [4.78, 5) is 4.41. The molecule has 0 spiro atoms. The highest BCUT2D eigenvalue weighted by Crippen LogP contribution is 2.30. The lowest BCUT2D eigenvalue weighted by Crippen LogP contribution is -2.16. The molecular formula is C13H15N3O2S. The Morgan fingerprint density at radius 3 is 3.11 bits per heavy atom. The van der Waals surface area contributed by atoms with E-state index in [1.165, 1.54) is 0 Å². The van der Waals surface area contributed by atoms with E-state index in [9.17, 15) is 0 Å². The molecule has 1 aliphatic heterocycles. The van der Waals surface area contributed by atoms with Gasteiger partial charge in [0.05, 0.1) is 12.2 Å². The molecule has 2 heterocycles. The maximum Gasteiger partial charge on any atom is 0.260 e. The van der Waals surface area contributed by atoms with Crippen molar-refractivity contribution in [2.24, 2.45) is 0 Å². The molecule has 1 atom stereocenters. The van der Waals surface area contributed by atoms with E-state index in [1.54, 1.807) is 0 Å². The number of thioether (sulfide) groups is 1. The van der Waals surface area contributed by atoms with Gasteiger partial charge in [-0.15, -0.1) is 0 Å². The van der Waals surface area contributed by atoms with Gasteiger partial charge in [0.25, 0.3) is 5.89 Å². The van der Waals surface area contributed by atoms with Crippen LogP contribution in [0.4, 0.5) is 5.69 Å². The van der Waals surface area contributed by atoms with Gasteiger partial charge < -0.3 is 15.0 Å². The van der Waals surface area contributed by atoms with Crippen molar-refractivity contribution in [3.8, 4) is 11.5 Å². The molecule has 100 valence electrons. The fraction of sp³-hybridized carbons (Fsp3) is 0.385. The topological polar surface area (TPSA) is 74.2 Å². The largest absolute Gasteiger partial charge is 0.398 e. The summed E-state index contributed by atoms with van der Waals surface area (Å²) in [6, 6.07) is 5.77. The van der Waals surface area contributed by atoms with Crippen LogP contribution in [0, 0.1) is 6.92 Å². The van der Waals surface area contributed by atoms with Gasteiger partial charge in [-0.3, -0.25) is 0 Å². The van der Waals surface area contributed by atoms with Crippen molar-refractivity contribution in [2.45, 2.75) is 13.0 Å². The second kappa shape index (κ2) is 5.22. The molecule has 1 saturated heterocycles. The molecule has 1 aliphatic rings. The van der Waals surface area contributed by atoms with Gasteiger partial charge in [0, 0.05) is 17.2 Å². The van der Waals surface area contributed by atoms with Crippen LogP contribution < -0.4 is 5.73 Å². The Kier molecular flexibility index (Phi) is 3.44. The summed E-state index contributed by atoms with van der Waals surface area (Å²) in [5, 5.41) is 4.01. The van der Waals surface area contributed by atoms with Crippen LogP contribution in [0.1, 0.15) is 17.5 Å². The van der Waals surface area contributed by atoms with Crippen molar-refractivity contribution < 1.29 is 9.26 Å². The number of hydrogen-bond acceptors (Lipinski definition) is 6. The first kappa shape index (κ1) is 12.5. The molecular weight excluding hydrogens is 262 g/mol. The third-order valence-electron chi connectivity index (χ3n) is 3.10. The van der Waals surface area contributed by atoms with Crippen LogP contribution in [0.3, 0.4) is 0 Å². The van der Waals surface area contributed by atoms with Crippen LogP contribution in [0.2, 0.25) is 0 Å². The quantitative estimate of drug-likeness (QED) is 0.850. The van der Waals surface area contributed by atoms with E-state index in [1.807, 2.05) is 36.9 Å². The molecule has 19 heavy (non-hydrogen) atoms. The smallest absolute Gasteiger partial charge is 0.260 e. The predicted molar refractivity (Wildman–Crippen MR) is 74.9 cm³/mol. The van der Waals surface area contributed by atoms with E-state index in [0.29, 0.717) is 17.4 Å². The first-order chi connectivity index (χ1) is 9.25. The van der Waals surface area contributed by atoms with Crippen molar-refractivity contribution in [3.63, 3.8) is 0 Å². The predicted octanol–water partition coefficient (Wildman–Crippen LogP) is 2.43. The van der Waals surface area contributed by atoms with Gasteiger partial charge in [-0.1, -0.05) is 17.3 Å². The average molecular weight is 277 g/mol. The lowest BCUT2D eigenvalue weighted by Gasteiger charge is -2.18. The minimum absolute atomic E-state index is 0.0812. The van der Waals surface area contributed by atoms with Crippen LogP contribution in [0.15, 0.2) is 22.7 Å². The zero-order valence-electron chi connectivity index (χ0n) is 10.6. The van der Waals surface area contributed by atoms with Gasteiger partial charge in [-0.25, -0.2) is 0 Å². The standard InChI is InChI=1S/C13H15N3O2S/c1-8-3-2-4-9(11(8)14)13-15-12(16-18-13)10-7-19-6-5-17-10/h2-4,10H,5-7,14H2,1H3. The molecule has 1 aromatic heterocycles. The Balaban J connectivity index is 1.90. The van der Waals surface area contributed by atoms with Gasteiger partial charge in [-0.05, 0) is 18.6 Å². The average Bonchev–Trinajstić information content (AvgIpc) is 2.92. The molecule has 3 rings (SSSR count). The van der Waals surface area contributed by atoms with Gasteiger partial charge in [0.15, 0.2) is 0 Å². The highest BCUT2D eigenvalue weighted by Gasteiger charge is 2.23. The summed E-state index contributed by atoms with van der Waals surface area (Å²) in [5.74, 6) is 2.94. The second-order valence-corrected chi connectivity index (χ2v) is 5.58. The third-order valence-corrected chi connectivity index (χ3v) is 4.09. The maximum absolute atomic E-state index is 6.04. The first-order valence-corrected chi connectivity index (χ1v) is 7.29. The van der Waals surface area contributed by atoms with E-state index in [4.69, 9.17) is 15.0 Å². The number of para-hydroxylation sites is 1. The van der Waals surface area contributed by atoms with Crippen molar-refractivity contribution in [1.29, 1.82) is 0 Å². The first-order valence-electron chi connectivity index (χ1n) is 6.14. The summed E-state index contributed by atoms with van der Waals surface area (Å²) in [5.41, 5.74) is 8.50. The van der Waals surface area contributed by atoms with Crippen LogP contribution in [-0.4, -0.2) is 28.3 Å². The number of nitrogen functional groups attached to an aromatic ring is 1. The van der Waals surface area contributed by atoms with Gasteiger partial charge in [-0.2, -0.15) is 16.7 Å². The minimum atomic E-state index is -0.0812. The van der Waals surface area contributed by atoms with Crippen LogP contribution in [0.25, 0.3) is 11.5 Å². The lowest BCUT2D eigenvalue weighted by atomic mass is 10.1. The van der Waals surface area contributed by atoms with Crippen LogP contribution in [0.5, 0.6) is 0 Å². The Labute approximate surface area is 115 Å². The molecule has 2 aromatic rings. The Hall–Kier alpha value is -1.53. The number of aromatic nitrogens is 2. The minimum Gasteiger partial charge on any atom is -0.398 e. The molecule has 0 bridgehead atoms. The summed E-state index contributed by atoms with van der Waals surface area (Å²) >= 11 is 1.84. The van der Waals surface area contributed by atoms with E-state index in [2.05, 4.69) is 10.1 Å². The number of hydrogen-bond donors (Lipinski definition) is 1. The van der Waals surface area contributed by atoms with E-state index >= 15 is 0 Å². The number of rotatable bonds is 2. The molecule has 2 N–H and O–H groups in total. The number of anilines is 1. The highest BCUT2D eigenvalue weighted by molar-refractivity contribution is 7.99. The monoisotopic (exact) mass is 277 g/mol. The summed E-state index contributed by atoms with van der Waals surface area (Å²) in [7, 11) is 0.